The highest BCUT2D eigenvalue weighted by molar-refractivity contribution is 5.80. The molecule has 6 nitrogen and oxygen atoms in total. The highest BCUT2D eigenvalue weighted by atomic mass is 16.4. The largest absolute Gasteiger partial charge is 0.481 e. The number of carbonyl (C=O) groups excluding carboxylic acids is 2. The number of rotatable bonds is 6. The summed E-state index contributed by atoms with van der Waals surface area (Å²) in [4.78, 5) is 36.5. The third kappa shape index (κ3) is 5.36. The van der Waals surface area contributed by atoms with Crippen LogP contribution in [0.1, 0.15) is 52.9 Å². The molecule has 21 heavy (non-hydrogen) atoms. The van der Waals surface area contributed by atoms with Gasteiger partial charge < -0.3 is 15.3 Å². The third-order valence-corrected chi connectivity index (χ3v) is 3.81. The van der Waals surface area contributed by atoms with Crippen LogP contribution in [0.2, 0.25) is 0 Å². The number of hydrogen-bond acceptors (Lipinski definition) is 3. The quantitative estimate of drug-likeness (QED) is 0.776. The van der Waals surface area contributed by atoms with Crippen molar-refractivity contribution in [2.75, 3.05) is 13.1 Å². The minimum absolute atomic E-state index is 0.0492. The van der Waals surface area contributed by atoms with Crippen molar-refractivity contribution in [3.05, 3.63) is 0 Å². The molecule has 0 aliphatic carbocycles. The summed E-state index contributed by atoms with van der Waals surface area (Å²) in [6.45, 7) is 6.34. The Bertz CT molecular complexity index is 408. The van der Waals surface area contributed by atoms with E-state index in [0.717, 1.165) is 0 Å². The molecule has 6 heteroatoms. The SMILES string of the molecule is CC(C)NC(=O)CCCC(=O)N1CCCC(C)(C(=O)O)C1. The van der Waals surface area contributed by atoms with Crippen molar-refractivity contribution in [1.29, 1.82) is 0 Å². The number of amides is 2. The molecule has 0 saturated carbocycles. The van der Waals surface area contributed by atoms with Crippen molar-refractivity contribution in [2.24, 2.45) is 5.41 Å². The Labute approximate surface area is 125 Å². The average Bonchev–Trinajstić information content (AvgIpc) is 2.37. The molecule has 0 radical (unpaired) electrons. The van der Waals surface area contributed by atoms with Crippen molar-refractivity contribution < 1.29 is 19.5 Å². The van der Waals surface area contributed by atoms with Gasteiger partial charge in [0.2, 0.25) is 11.8 Å². The standard InChI is InChI=1S/C15H26N2O4/c1-11(2)16-12(18)6-4-7-13(19)17-9-5-8-15(3,10-17)14(20)21/h11H,4-10H2,1-3H3,(H,16,18)(H,20,21). The van der Waals surface area contributed by atoms with Gasteiger partial charge in [0, 0.05) is 32.0 Å². The first-order valence-electron chi connectivity index (χ1n) is 7.55. The maximum atomic E-state index is 12.1. The van der Waals surface area contributed by atoms with Crippen LogP contribution < -0.4 is 5.32 Å². The number of carboxylic acids is 1. The van der Waals surface area contributed by atoms with Crippen LogP contribution in [0.4, 0.5) is 0 Å². The molecule has 1 atom stereocenters. The van der Waals surface area contributed by atoms with Crippen LogP contribution in [-0.2, 0) is 14.4 Å². The van der Waals surface area contributed by atoms with E-state index in [2.05, 4.69) is 5.32 Å². The Morgan fingerprint density at radius 3 is 2.52 bits per heavy atom. The van der Waals surface area contributed by atoms with E-state index in [0.29, 0.717) is 38.6 Å². The summed E-state index contributed by atoms with van der Waals surface area (Å²) in [6, 6.07) is 0.103. The Kier molecular flexibility index (Phi) is 6.18. The van der Waals surface area contributed by atoms with Crippen molar-refractivity contribution in [1.82, 2.24) is 10.2 Å². The second-order valence-corrected chi connectivity index (χ2v) is 6.36. The molecule has 0 spiro atoms. The molecule has 2 N–H and O–H groups in total. The van der Waals surface area contributed by atoms with E-state index in [-0.39, 0.29) is 24.4 Å². The lowest BCUT2D eigenvalue weighted by molar-refractivity contribution is -0.153. The first-order valence-corrected chi connectivity index (χ1v) is 7.55. The van der Waals surface area contributed by atoms with Crippen LogP contribution in [-0.4, -0.2) is 46.9 Å². The van der Waals surface area contributed by atoms with Gasteiger partial charge in [-0.2, -0.15) is 0 Å². The number of hydrogen-bond donors (Lipinski definition) is 2. The topological polar surface area (TPSA) is 86.7 Å². The normalized spacial score (nSPS) is 22.2. The molecule has 1 fully saturated rings. The van der Waals surface area contributed by atoms with Gasteiger partial charge in [-0.25, -0.2) is 0 Å². The molecule has 0 aromatic heterocycles. The summed E-state index contributed by atoms with van der Waals surface area (Å²) in [5.41, 5.74) is -0.844. The van der Waals surface area contributed by atoms with Crippen molar-refractivity contribution in [3.63, 3.8) is 0 Å². The summed E-state index contributed by atoms with van der Waals surface area (Å²) in [7, 11) is 0. The van der Waals surface area contributed by atoms with Crippen molar-refractivity contribution >= 4 is 17.8 Å². The van der Waals surface area contributed by atoms with E-state index in [4.69, 9.17) is 0 Å². The van der Waals surface area contributed by atoms with E-state index in [1.54, 1.807) is 11.8 Å². The number of aliphatic carboxylic acids is 1. The highest BCUT2D eigenvalue weighted by Crippen LogP contribution is 2.30. The first kappa shape index (κ1) is 17.5. The fourth-order valence-electron chi connectivity index (χ4n) is 2.58. The molecule has 2 amide bonds. The van der Waals surface area contributed by atoms with Gasteiger partial charge in [0.1, 0.15) is 0 Å². The van der Waals surface area contributed by atoms with Gasteiger partial charge in [-0.15, -0.1) is 0 Å². The zero-order valence-electron chi connectivity index (χ0n) is 13.1. The van der Waals surface area contributed by atoms with Crippen LogP contribution >= 0.6 is 0 Å². The summed E-state index contributed by atoms with van der Waals surface area (Å²) >= 11 is 0. The molecular weight excluding hydrogens is 272 g/mol. The molecule has 0 aromatic rings. The molecule has 1 saturated heterocycles. The summed E-state index contributed by atoms with van der Waals surface area (Å²) in [6.07, 6.45) is 2.43. The summed E-state index contributed by atoms with van der Waals surface area (Å²) in [5, 5.41) is 12.0. The Balaban J connectivity index is 2.38. The van der Waals surface area contributed by atoms with E-state index >= 15 is 0 Å². The Morgan fingerprint density at radius 2 is 1.95 bits per heavy atom. The molecule has 1 aliphatic rings. The minimum Gasteiger partial charge on any atom is -0.481 e. The van der Waals surface area contributed by atoms with Crippen LogP contribution in [0, 0.1) is 5.41 Å². The van der Waals surface area contributed by atoms with E-state index in [1.165, 1.54) is 0 Å². The lowest BCUT2D eigenvalue weighted by atomic mass is 9.82. The lowest BCUT2D eigenvalue weighted by Crippen LogP contribution is -2.48. The van der Waals surface area contributed by atoms with E-state index in [9.17, 15) is 19.5 Å². The van der Waals surface area contributed by atoms with E-state index in [1.807, 2.05) is 13.8 Å². The van der Waals surface area contributed by atoms with E-state index < -0.39 is 11.4 Å². The van der Waals surface area contributed by atoms with Crippen molar-refractivity contribution in [2.45, 2.75) is 58.9 Å². The number of nitrogens with one attached hydrogen (secondary N) is 1. The van der Waals surface area contributed by atoms with Gasteiger partial charge in [0.05, 0.1) is 5.41 Å². The minimum atomic E-state index is -0.851. The molecular formula is C15H26N2O4. The zero-order chi connectivity index (χ0) is 16.0. The predicted octanol–water partition coefficient (Wildman–Crippen LogP) is 1.39. The van der Waals surface area contributed by atoms with Gasteiger partial charge in [-0.05, 0) is 40.0 Å². The number of carbonyl (C=O) groups is 3. The maximum absolute atomic E-state index is 12.1. The van der Waals surface area contributed by atoms with Gasteiger partial charge in [0.25, 0.3) is 0 Å². The lowest BCUT2D eigenvalue weighted by Gasteiger charge is -2.37. The van der Waals surface area contributed by atoms with Crippen LogP contribution in [0.5, 0.6) is 0 Å². The average molecular weight is 298 g/mol. The fourth-order valence-corrected chi connectivity index (χ4v) is 2.58. The second kappa shape index (κ2) is 7.43. The third-order valence-electron chi connectivity index (χ3n) is 3.81. The summed E-state index contributed by atoms with van der Waals surface area (Å²) in [5.74, 6) is -0.956. The first-order chi connectivity index (χ1) is 9.74. The maximum Gasteiger partial charge on any atom is 0.311 e. The number of likely N-dealkylation sites (tertiary alicyclic amines) is 1. The van der Waals surface area contributed by atoms with Crippen LogP contribution in [0.25, 0.3) is 0 Å². The van der Waals surface area contributed by atoms with Crippen LogP contribution in [0.3, 0.4) is 0 Å². The number of carboxylic acid groups (broad SMARTS) is 1. The van der Waals surface area contributed by atoms with Gasteiger partial charge in [-0.1, -0.05) is 0 Å². The van der Waals surface area contributed by atoms with Gasteiger partial charge >= 0.3 is 5.97 Å². The molecule has 0 aromatic carbocycles. The van der Waals surface area contributed by atoms with Crippen molar-refractivity contribution in [3.8, 4) is 0 Å². The Morgan fingerprint density at radius 1 is 1.29 bits per heavy atom. The monoisotopic (exact) mass is 298 g/mol. The zero-order valence-corrected chi connectivity index (χ0v) is 13.1. The predicted molar refractivity (Wildman–Crippen MR) is 78.7 cm³/mol. The molecule has 1 rings (SSSR count). The number of nitrogens with zero attached hydrogens (tertiary/aromatic N) is 1. The molecule has 0 bridgehead atoms. The van der Waals surface area contributed by atoms with Gasteiger partial charge in [-0.3, -0.25) is 14.4 Å². The molecule has 1 aliphatic heterocycles. The highest BCUT2D eigenvalue weighted by Gasteiger charge is 2.39. The molecule has 1 unspecified atom stereocenters. The van der Waals surface area contributed by atoms with Gasteiger partial charge in [0.15, 0.2) is 0 Å². The smallest absolute Gasteiger partial charge is 0.311 e. The number of piperidine rings is 1. The second-order valence-electron chi connectivity index (χ2n) is 6.36. The molecule has 1 heterocycles. The Hall–Kier alpha value is -1.59. The van der Waals surface area contributed by atoms with Crippen LogP contribution in [0.15, 0.2) is 0 Å². The summed E-state index contributed by atoms with van der Waals surface area (Å²) < 4.78 is 0. The molecule has 120 valence electrons. The fraction of sp³-hybridized carbons (Fsp3) is 0.800.